The molecule has 3 N–H and O–H groups in total. The van der Waals surface area contributed by atoms with Crippen molar-refractivity contribution < 1.29 is 14.3 Å². The Bertz CT molecular complexity index is 696. The van der Waals surface area contributed by atoms with Gasteiger partial charge >= 0.3 is 0 Å². The van der Waals surface area contributed by atoms with E-state index in [1.807, 2.05) is 30.0 Å². The van der Waals surface area contributed by atoms with Gasteiger partial charge in [-0.25, -0.2) is 0 Å². The van der Waals surface area contributed by atoms with Gasteiger partial charge in [-0.3, -0.25) is 9.59 Å². The van der Waals surface area contributed by atoms with Crippen LogP contribution in [0, 0.1) is 18.3 Å². The Labute approximate surface area is 173 Å². The fourth-order valence-electron chi connectivity index (χ4n) is 3.87. The number of rotatable bonds is 4. The van der Waals surface area contributed by atoms with E-state index in [0.717, 1.165) is 37.2 Å². The van der Waals surface area contributed by atoms with Crippen LogP contribution in [0.1, 0.15) is 48.5 Å². The molecule has 0 radical (unpaired) electrons. The average molecular weight is 410 g/mol. The van der Waals surface area contributed by atoms with E-state index >= 15 is 0 Å². The van der Waals surface area contributed by atoms with Crippen LogP contribution in [0.2, 0.25) is 0 Å². The Balaban J connectivity index is 0.00000280. The largest absolute Gasteiger partial charge is 0.381 e. The SMILES string of the molecule is Cc1cc(C(=O)N2CCC(C)CC2)ccc1NC(=O)C1(CN)CCOCC1.Cl. The lowest BCUT2D eigenvalue weighted by Gasteiger charge is -2.34. The molecule has 2 amide bonds. The molecule has 2 fully saturated rings. The standard InChI is InChI=1S/C21H31N3O3.ClH/c1-15-5-9-24(10-6-15)19(25)17-3-4-18(16(2)13-17)23-20(26)21(14-22)7-11-27-12-8-21;/h3-4,13,15H,5-12,14,22H2,1-2H3,(H,23,26);1H. The van der Waals surface area contributed by atoms with E-state index in [1.165, 1.54) is 0 Å². The summed E-state index contributed by atoms with van der Waals surface area (Å²) in [6.07, 6.45) is 3.39. The zero-order chi connectivity index (χ0) is 19.4. The summed E-state index contributed by atoms with van der Waals surface area (Å²) < 4.78 is 5.38. The van der Waals surface area contributed by atoms with E-state index in [1.54, 1.807) is 0 Å². The predicted molar refractivity (Wildman–Crippen MR) is 113 cm³/mol. The molecule has 0 aromatic heterocycles. The molecule has 0 unspecified atom stereocenters. The normalized spacial score (nSPS) is 19.6. The Morgan fingerprint density at radius 3 is 2.46 bits per heavy atom. The number of halogens is 1. The Hall–Kier alpha value is -1.63. The molecule has 28 heavy (non-hydrogen) atoms. The van der Waals surface area contributed by atoms with E-state index in [9.17, 15) is 9.59 Å². The number of hydrogen-bond donors (Lipinski definition) is 2. The molecular formula is C21H32ClN3O3. The summed E-state index contributed by atoms with van der Waals surface area (Å²) in [5, 5.41) is 3.02. The minimum absolute atomic E-state index is 0. The van der Waals surface area contributed by atoms with E-state index in [2.05, 4.69) is 12.2 Å². The Morgan fingerprint density at radius 2 is 1.89 bits per heavy atom. The highest BCUT2D eigenvalue weighted by molar-refractivity contribution is 5.98. The molecular weight excluding hydrogens is 378 g/mol. The van der Waals surface area contributed by atoms with Gasteiger partial charge in [0.1, 0.15) is 0 Å². The lowest BCUT2D eigenvalue weighted by Crippen LogP contribution is -2.46. The molecule has 1 aromatic rings. The van der Waals surface area contributed by atoms with Crippen molar-refractivity contribution in [1.29, 1.82) is 0 Å². The summed E-state index contributed by atoms with van der Waals surface area (Å²) in [4.78, 5) is 27.5. The number of nitrogens with zero attached hydrogens (tertiary/aromatic N) is 1. The fourth-order valence-corrected chi connectivity index (χ4v) is 3.87. The van der Waals surface area contributed by atoms with Gasteiger partial charge in [0.25, 0.3) is 5.91 Å². The van der Waals surface area contributed by atoms with E-state index in [4.69, 9.17) is 10.5 Å². The quantitative estimate of drug-likeness (QED) is 0.800. The van der Waals surface area contributed by atoms with Crippen LogP contribution < -0.4 is 11.1 Å². The number of ether oxygens (including phenoxy) is 1. The van der Waals surface area contributed by atoms with Gasteiger partial charge < -0.3 is 20.7 Å². The van der Waals surface area contributed by atoms with Crippen LogP contribution in [0.3, 0.4) is 0 Å². The van der Waals surface area contributed by atoms with Gasteiger partial charge in [-0.05, 0) is 62.3 Å². The predicted octanol–water partition coefficient (Wildman–Crippen LogP) is 2.98. The van der Waals surface area contributed by atoms with Crippen LogP contribution in [0.25, 0.3) is 0 Å². The van der Waals surface area contributed by atoms with Gasteiger partial charge in [-0.2, -0.15) is 0 Å². The van der Waals surface area contributed by atoms with Crippen molar-refractivity contribution in [3.8, 4) is 0 Å². The summed E-state index contributed by atoms with van der Waals surface area (Å²) in [5.74, 6) is 0.708. The third-order valence-corrected chi connectivity index (χ3v) is 6.11. The molecule has 156 valence electrons. The molecule has 2 aliphatic heterocycles. The zero-order valence-corrected chi connectivity index (χ0v) is 17.6. The van der Waals surface area contributed by atoms with Crippen molar-refractivity contribution in [1.82, 2.24) is 4.90 Å². The van der Waals surface area contributed by atoms with Crippen molar-refractivity contribution in [3.05, 3.63) is 29.3 Å². The van der Waals surface area contributed by atoms with E-state index in [0.29, 0.717) is 44.1 Å². The maximum absolute atomic E-state index is 12.8. The maximum Gasteiger partial charge on any atom is 0.253 e. The lowest BCUT2D eigenvalue weighted by atomic mass is 9.79. The van der Waals surface area contributed by atoms with Crippen LogP contribution in [0.15, 0.2) is 18.2 Å². The molecule has 3 rings (SSSR count). The first-order chi connectivity index (χ1) is 12.9. The molecule has 0 bridgehead atoms. The molecule has 2 aliphatic rings. The topological polar surface area (TPSA) is 84.7 Å². The smallest absolute Gasteiger partial charge is 0.253 e. The lowest BCUT2D eigenvalue weighted by molar-refractivity contribution is -0.130. The first-order valence-corrected chi connectivity index (χ1v) is 9.94. The number of nitrogens with one attached hydrogen (secondary N) is 1. The van der Waals surface area contributed by atoms with Gasteiger partial charge in [0.05, 0.1) is 5.41 Å². The second kappa shape index (κ2) is 9.72. The molecule has 0 saturated carbocycles. The molecule has 7 heteroatoms. The maximum atomic E-state index is 12.8. The second-order valence-corrected chi connectivity index (χ2v) is 8.06. The highest BCUT2D eigenvalue weighted by Gasteiger charge is 2.39. The number of amides is 2. The minimum atomic E-state index is -0.566. The molecule has 0 aliphatic carbocycles. The third-order valence-electron chi connectivity index (χ3n) is 6.11. The van der Waals surface area contributed by atoms with Crippen LogP contribution in [0.5, 0.6) is 0 Å². The monoisotopic (exact) mass is 409 g/mol. The van der Waals surface area contributed by atoms with Crippen molar-refractivity contribution in [2.45, 2.75) is 39.5 Å². The van der Waals surface area contributed by atoms with Crippen molar-refractivity contribution in [2.75, 3.05) is 38.2 Å². The molecule has 2 saturated heterocycles. The van der Waals surface area contributed by atoms with Crippen molar-refractivity contribution in [2.24, 2.45) is 17.1 Å². The van der Waals surface area contributed by atoms with Crippen LogP contribution in [0.4, 0.5) is 5.69 Å². The van der Waals surface area contributed by atoms with Gasteiger partial charge in [-0.1, -0.05) is 6.92 Å². The number of carbonyl (C=O) groups is 2. The van der Waals surface area contributed by atoms with Crippen LogP contribution >= 0.6 is 12.4 Å². The number of aryl methyl sites for hydroxylation is 1. The summed E-state index contributed by atoms with van der Waals surface area (Å²) >= 11 is 0. The number of likely N-dealkylation sites (tertiary alicyclic amines) is 1. The Kier molecular flexibility index (Phi) is 7.87. The van der Waals surface area contributed by atoms with Crippen LogP contribution in [-0.4, -0.2) is 49.6 Å². The average Bonchev–Trinajstić information content (AvgIpc) is 2.70. The molecule has 6 nitrogen and oxygen atoms in total. The van der Waals surface area contributed by atoms with Gasteiger partial charge in [0.2, 0.25) is 5.91 Å². The molecule has 0 atom stereocenters. The second-order valence-electron chi connectivity index (χ2n) is 8.06. The number of benzene rings is 1. The van der Waals surface area contributed by atoms with Crippen molar-refractivity contribution >= 4 is 29.9 Å². The molecule has 0 spiro atoms. The van der Waals surface area contributed by atoms with Crippen LogP contribution in [-0.2, 0) is 9.53 Å². The Morgan fingerprint density at radius 1 is 1.25 bits per heavy atom. The van der Waals surface area contributed by atoms with E-state index < -0.39 is 5.41 Å². The minimum Gasteiger partial charge on any atom is -0.381 e. The number of hydrogen-bond acceptors (Lipinski definition) is 4. The summed E-state index contributed by atoms with van der Waals surface area (Å²) in [6, 6.07) is 5.51. The highest BCUT2D eigenvalue weighted by atomic mass is 35.5. The van der Waals surface area contributed by atoms with Crippen molar-refractivity contribution in [3.63, 3.8) is 0 Å². The van der Waals surface area contributed by atoms with Gasteiger partial charge in [0, 0.05) is 44.1 Å². The number of carbonyl (C=O) groups excluding carboxylic acids is 2. The molecule has 1 aromatic carbocycles. The van der Waals surface area contributed by atoms with Gasteiger partial charge in [0.15, 0.2) is 0 Å². The summed E-state index contributed by atoms with van der Waals surface area (Å²) in [5.41, 5.74) is 7.66. The fraction of sp³-hybridized carbons (Fsp3) is 0.619. The highest BCUT2D eigenvalue weighted by Crippen LogP contribution is 2.31. The first-order valence-electron chi connectivity index (χ1n) is 9.94. The summed E-state index contributed by atoms with van der Waals surface area (Å²) in [6.45, 7) is 7.22. The number of piperidine rings is 1. The molecule has 2 heterocycles. The third kappa shape index (κ3) is 4.85. The number of nitrogens with two attached hydrogens (primary N) is 1. The van der Waals surface area contributed by atoms with Gasteiger partial charge in [-0.15, -0.1) is 12.4 Å². The first kappa shape index (κ1) is 22.7. The number of anilines is 1. The summed E-state index contributed by atoms with van der Waals surface area (Å²) in [7, 11) is 0. The zero-order valence-electron chi connectivity index (χ0n) is 16.8. The van der Waals surface area contributed by atoms with E-state index in [-0.39, 0.29) is 24.2 Å².